The van der Waals surface area contributed by atoms with Gasteiger partial charge in [-0.05, 0) is 38.3 Å². The number of amides is 1. The lowest BCUT2D eigenvalue weighted by atomic mass is 9.97. The SMILES string of the molecule is CCS(=O)(=O)NCC[C@H]1CC[C@H](NC(=O)Cc2ccccn2)[C@H](CO)O1. The zero-order valence-electron chi connectivity index (χ0n) is 14.9. The van der Waals surface area contributed by atoms with Gasteiger partial charge in [-0.3, -0.25) is 9.78 Å². The Hall–Kier alpha value is -1.55. The number of carbonyl (C=O) groups is 1. The molecule has 0 spiro atoms. The first-order chi connectivity index (χ1) is 12.4. The van der Waals surface area contributed by atoms with E-state index in [-0.39, 0.29) is 36.8 Å². The van der Waals surface area contributed by atoms with E-state index in [0.717, 1.165) is 0 Å². The van der Waals surface area contributed by atoms with Crippen molar-refractivity contribution >= 4 is 15.9 Å². The molecule has 1 aliphatic rings. The fourth-order valence-corrected chi connectivity index (χ4v) is 3.54. The predicted molar refractivity (Wildman–Crippen MR) is 96.9 cm³/mol. The molecule has 0 bridgehead atoms. The van der Waals surface area contributed by atoms with Crippen LogP contribution in [0.3, 0.4) is 0 Å². The van der Waals surface area contributed by atoms with Gasteiger partial charge in [-0.25, -0.2) is 13.1 Å². The maximum Gasteiger partial charge on any atom is 0.226 e. The van der Waals surface area contributed by atoms with Gasteiger partial charge >= 0.3 is 0 Å². The number of nitrogens with one attached hydrogen (secondary N) is 2. The summed E-state index contributed by atoms with van der Waals surface area (Å²) in [6.07, 6.45) is 3.07. The zero-order valence-corrected chi connectivity index (χ0v) is 15.7. The first-order valence-corrected chi connectivity index (χ1v) is 10.5. The summed E-state index contributed by atoms with van der Waals surface area (Å²) in [5.74, 6) is -0.118. The van der Waals surface area contributed by atoms with Gasteiger partial charge in [0.2, 0.25) is 15.9 Å². The van der Waals surface area contributed by atoms with Gasteiger partial charge in [0.15, 0.2) is 0 Å². The van der Waals surface area contributed by atoms with E-state index < -0.39 is 16.1 Å². The van der Waals surface area contributed by atoms with Crippen molar-refractivity contribution in [2.45, 2.75) is 50.9 Å². The maximum atomic E-state index is 12.2. The second kappa shape index (κ2) is 9.96. The number of nitrogens with zero attached hydrogens (tertiary/aromatic N) is 1. The Morgan fingerprint density at radius 3 is 2.85 bits per heavy atom. The molecule has 0 saturated carbocycles. The number of ether oxygens (including phenoxy) is 1. The lowest BCUT2D eigenvalue weighted by Crippen LogP contribution is -2.51. The molecule has 146 valence electrons. The monoisotopic (exact) mass is 385 g/mol. The number of aliphatic hydroxyl groups is 1. The molecule has 1 aliphatic heterocycles. The van der Waals surface area contributed by atoms with Gasteiger partial charge < -0.3 is 15.2 Å². The van der Waals surface area contributed by atoms with Gasteiger partial charge in [-0.2, -0.15) is 0 Å². The van der Waals surface area contributed by atoms with Crippen molar-refractivity contribution in [2.24, 2.45) is 0 Å². The van der Waals surface area contributed by atoms with E-state index in [4.69, 9.17) is 4.74 Å². The van der Waals surface area contributed by atoms with E-state index >= 15 is 0 Å². The van der Waals surface area contributed by atoms with Gasteiger partial charge in [0.1, 0.15) is 6.10 Å². The molecule has 3 atom stereocenters. The van der Waals surface area contributed by atoms with Crippen LogP contribution in [0.4, 0.5) is 0 Å². The second-order valence-electron chi connectivity index (χ2n) is 6.31. The van der Waals surface area contributed by atoms with E-state index in [2.05, 4.69) is 15.0 Å². The Morgan fingerprint density at radius 1 is 1.38 bits per heavy atom. The third-order valence-electron chi connectivity index (χ3n) is 4.38. The van der Waals surface area contributed by atoms with E-state index in [1.807, 2.05) is 6.07 Å². The van der Waals surface area contributed by atoms with Gasteiger partial charge in [-0.15, -0.1) is 0 Å². The standard InChI is InChI=1S/C17H27N3O5S/c1-2-26(23,24)19-10-8-14-6-7-15(16(12-21)25-14)20-17(22)11-13-5-3-4-9-18-13/h3-5,9,14-16,19,21H,2,6-8,10-12H2,1H3,(H,20,22)/t14-,15+,16+/m1/s1. The van der Waals surface area contributed by atoms with Crippen LogP contribution in [0, 0.1) is 0 Å². The third-order valence-corrected chi connectivity index (χ3v) is 5.78. The first kappa shape index (κ1) is 20.8. The fraction of sp³-hybridized carbons (Fsp3) is 0.647. The summed E-state index contributed by atoms with van der Waals surface area (Å²) in [4.78, 5) is 16.3. The quantitative estimate of drug-likeness (QED) is 0.550. The summed E-state index contributed by atoms with van der Waals surface area (Å²) in [5.41, 5.74) is 0.684. The molecule has 0 aliphatic carbocycles. The molecular weight excluding hydrogens is 358 g/mol. The predicted octanol–water partition coefficient (Wildman–Crippen LogP) is -0.0218. The highest BCUT2D eigenvalue weighted by atomic mass is 32.2. The summed E-state index contributed by atoms with van der Waals surface area (Å²) in [7, 11) is -3.21. The van der Waals surface area contributed by atoms with Crippen molar-refractivity contribution in [1.82, 2.24) is 15.0 Å². The van der Waals surface area contributed by atoms with Crippen molar-refractivity contribution in [3.05, 3.63) is 30.1 Å². The van der Waals surface area contributed by atoms with Crippen LogP contribution < -0.4 is 10.0 Å². The highest BCUT2D eigenvalue weighted by Crippen LogP contribution is 2.21. The number of pyridine rings is 1. The highest BCUT2D eigenvalue weighted by molar-refractivity contribution is 7.89. The average Bonchev–Trinajstić information content (AvgIpc) is 2.63. The Balaban J connectivity index is 1.79. The van der Waals surface area contributed by atoms with Crippen LogP contribution in [0.2, 0.25) is 0 Å². The molecule has 1 aromatic rings. The number of hydrogen-bond donors (Lipinski definition) is 3. The third kappa shape index (κ3) is 6.64. The zero-order chi connectivity index (χ0) is 19.0. The van der Waals surface area contributed by atoms with Crippen molar-refractivity contribution < 1.29 is 23.1 Å². The number of hydrogen-bond acceptors (Lipinski definition) is 6. The van der Waals surface area contributed by atoms with Crippen LogP contribution in [0.5, 0.6) is 0 Å². The maximum absolute atomic E-state index is 12.2. The normalized spacial score (nSPS) is 23.5. The van der Waals surface area contributed by atoms with Crippen LogP contribution in [0.15, 0.2) is 24.4 Å². The lowest BCUT2D eigenvalue weighted by molar-refractivity contribution is -0.127. The lowest BCUT2D eigenvalue weighted by Gasteiger charge is -2.36. The largest absolute Gasteiger partial charge is 0.394 e. The smallest absolute Gasteiger partial charge is 0.226 e. The molecule has 0 aromatic carbocycles. The van der Waals surface area contributed by atoms with Gasteiger partial charge in [-0.1, -0.05) is 6.07 Å². The van der Waals surface area contributed by atoms with Crippen LogP contribution in [0.1, 0.15) is 31.9 Å². The van der Waals surface area contributed by atoms with Gasteiger partial charge in [0.05, 0.1) is 30.9 Å². The van der Waals surface area contributed by atoms with E-state index in [9.17, 15) is 18.3 Å². The highest BCUT2D eigenvalue weighted by Gasteiger charge is 2.31. The minimum Gasteiger partial charge on any atom is -0.394 e. The minimum atomic E-state index is -3.21. The van der Waals surface area contributed by atoms with Gasteiger partial charge in [0, 0.05) is 18.4 Å². The molecule has 2 rings (SSSR count). The molecule has 9 heteroatoms. The summed E-state index contributed by atoms with van der Waals surface area (Å²) in [6, 6.07) is 5.14. The summed E-state index contributed by atoms with van der Waals surface area (Å²) in [6.45, 7) is 1.68. The number of sulfonamides is 1. The molecule has 3 N–H and O–H groups in total. The second-order valence-corrected chi connectivity index (χ2v) is 8.41. The number of aromatic nitrogens is 1. The molecule has 1 fully saturated rings. The molecule has 26 heavy (non-hydrogen) atoms. The van der Waals surface area contributed by atoms with E-state index in [1.165, 1.54) is 0 Å². The fourth-order valence-electron chi connectivity index (χ4n) is 2.91. The molecule has 1 amide bonds. The Labute approximate surface area is 154 Å². The summed E-state index contributed by atoms with van der Waals surface area (Å²) in [5, 5.41) is 12.5. The number of rotatable bonds is 9. The van der Waals surface area contributed by atoms with Crippen molar-refractivity contribution in [1.29, 1.82) is 0 Å². The molecule has 1 aromatic heterocycles. The molecule has 2 heterocycles. The first-order valence-electron chi connectivity index (χ1n) is 8.86. The summed E-state index contributed by atoms with van der Waals surface area (Å²) < 4.78 is 31.2. The molecule has 0 unspecified atom stereocenters. The number of carbonyl (C=O) groups excluding carboxylic acids is 1. The van der Waals surface area contributed by atoms with Crippen LogP contribution in [-0.2, 0) is 26.0 Å². The average molecular weight is 385 g/mol. The van der Waals surface area contributed by atoms with Crippen LogP contribution in [0.25, 0.3) is 0 Å². The van der Waals surface area contributed by atoms with E-state index in [0.29, 0.717) is 31.5 Å². The van der Waals surface area contributed by atoms with Crippen molar-refractivity contribution in [2.75, 3.05) is 18.9 Å². The van der Waals surface area contributed by atoms with Crippen molar-refractivity contribution in [3.8, 4) is 0 Å². The number of aliphatic hydroxyl groups excluding tert-OH is 1. The summed E-state index contributed by atoms with van der Waals surface area (Å²) >= 11 is 0. The molecule has 8 nitrogen and oxygen atoms in total. The van der Waals surface area contributed by atoms with Crippen LogP contribution >= 0.6 is 0 Å². The van der Waals surface area contributed by atoms with E-state index in [1.54, 1.807) is 25.3 Å². The molecule has 1 saturated heterocycles. The Kier molecular flexibility index (Phi) is 7.95. The Morgan fingerprint density at radius 2 is 2.19 bits per heavy atom. The topological polar surface area (TPSA) is 118 Å². The molecule has 0 radical (unpaired) electrons. The van der Waals surface area contributed by atoms with Crippen molar-refractivity contribution in [3.63, 3.8) is 0 Å². The minimum absolute atomic E-state index is 0.0438. The van der Waals surface area contributed by atoms with Crippen LogP contribution in [-0.4, -0.2) is 61.6 Å². The van der Waals surface area contributed by atoms with Gasteiger partial charge in [0.25, 0.3) is 0 Å². The Bertz CT molecular complexity index is 668. The molecular formula is C17H27N3O5S.